The number of hydrogen-bond acceptors (Lipinski definition) is 3. The van der Waals surface area contributed by atoms with Gasteiger partial charge >= 0.3 is 0 Å². The summed E-state index contributed by atoms with van der Waals surface area (Å²) in [5.74, 6) is 0.449. The van der Waals surface area contributed by atoms with Gasteiger partial charge in [-0.25, -0.2) is 0 Å². The third-order valence-corrected chi connectivity index (χ3v) is 4.20. The summed E-state index contributed by atoms with van der Waals surface area (Å²) >= 11 is 0. The highest BCUT2D eigenvalue weighted by molar-refractivity contribution is 5.98. The van der Waals surface area contributed by atoms with Gasteiger partial charge in [0.15, 0.2) is 0 Å². The zero-order chi connectivity index (χ0) is 17.9. The Kier molecular flexibility index (Phi) is 4.74. The fourth-order valence-electron chi connectivity index (χ4n) is 2.57. The summed E-state index contributed by atoms with van der Waals surface area (Å²) in [7, 11) is 0. The number of fused-ring (bicyclic) bond motifs is 1. The maximum Gasteiger partial charge on any atom is 0.233 e. The zero-order valence-corrected chi connectivity index (χ0v) is 14.5. The normalized spacial score (nSPS) is 15.4. The van der Waals surface area contributed by atoms with E-state index in [1.165, 1.54) is 0 Å². The third-order valence-electron chi connectivity index (χ3n) is 4.20. The molecule has 5 heteroatoms. The molecule has 2 N–H and O–H groups in total. The van der Waals surface area contributed by atoms with Crippen LogP contribution in [0.3, 0.4) is 0 Å². The van der Waals surface area contributed by atoms with Crippen LogP contribution in [0.15, 0.2) is 48.5 Å². The van der Waals surface area contributed by atoms with Crippen molar-refractivity contribution in [3.05, 3.63) is 54.1 Å². The molecule has 0 spiro atoms. The predicted molar refractivity (Wildman–Crippen MR) is 97.7 cm³/mol. The zero-order valence-electron chi connectivity index (χ0n) is 14.5. The number of rotatable bonds is 4. The van der Waals surface area contributed by atoms with Crippen LogP contribution < -0.4 is 15.4 Å². The summed E-state index contributed by atoms with van der Waals surface area (Å²) in [6, 6.07) is 15.2. The molecule has 1 heterocycles. The summed E-state index contributed by atoms with van der Waals surface area (Å²) in [5.41, 5.74) is 1.75. The molecule has 0 radical (unpaired) electrons. The van der Waals surface area contributed by atoms with E-state index in [0.717, 1.165) is 5.56 Å². The second-order valence-corrected chi connectivity index (χ2v) is 6.87. The average Bonchev–Trinajstić information content (AvgIpc) is 2.70. The van der Waals surface area contributed by atoms with Gasteiger partial charge in [-0.05, 0) is 44.0 Å². The lowest BCUT2D eigenvalue weighted by molar-refractivity contribution is -0.125. The van der Waals surface area contributed by atoms with Crippen LogP contribution in [0, 0.1) is 5.41 Å². The van der Waals surface area contributed by atoms with Crippen molar-refractivity contribution in [2.45, 2.75) is 26.7 Å². The van der Waals surface area contributed by atoms with Crippen molar-refractivity contribution >= 4 is 23.2 Å². The number of amides is 2. The van der Waals surface area contributed by atoms with Gasteiger partial charge in [0.25, 0.3) is 0 Å². The van der Waals surface area contributed by atoms with E-state index < -0.39 is 5.41 Å². The largest absolute Gasteiger partial charge is 0.490 e. The second kappa shape index (κ2) is 6.97. The highest BCUT2D eigenvalue weighted by Gasteiger charge is 2.32. The molecular formula is C20H22N2O3. The van der Waals surface area contributed by atoms with Gasteiger partial charge in [0.05, 0.1) is 11.1 Å². The molecule has 1 aliphatic heterocycles. The molecular weight excluding hydrogens is 316 g/mol. The van der Waals surface area contributed by atoms with Gasteiger partial charge in [0, 0.05) is 12.1 Å². The van der Waals surface area contributed by atoms with E-state index in [-0.39, 0.29) is 11.8 Å². The van der Waals surface area contributed by atoms with E-state index in [1.807, 2.05) is 44.2 Å². The fraction of sp³-hybridized carbons (Fsp3) is 0.300. The van der Waals surface area contributed by atoms with Gasteiger partial charge in [-0.1, -0.05) is 30.3 Å². The van der Waals surface area contributed by atoms with Gasteiger partial charge < -0.3 is 15.4 Å². The molecule has 2 aromatic rings. The molecule has 0 saturated heterocycles. The highest BCUT2D eigenvalue weighted by Crippen LogP contribution is 2.34. The molecule has 0 atom stereocenters. The number of anilines is 2. The Bertz CT molecular complexity index is 785. The summed E-state index contributed by atoms with van der Waals surface area (Å²) in [6.45, 7) is 3.98. The Morgan fingerprint density at radius 2 is 1.96 bits per heavy atom. The van der Waals surface area contributed by atoms with Gasteiger partial charge in [-0.2, -0.15) is 0 Å². The van der Waals surface area contributed by atoms with Crippen LogP contribution in [0.2, 0.25) is 0 Å². The van der Waals surface area contributed by atoms with E-state index in [0.29, 0.717) is 36.6 Å². The summed E-state index contributed by atoms with van der Waals surface area (Å²) < 4.78 is 5.70. The number of benzene rings is 2. The van der Waals surface area contributed by atoms with Crippen LogP contribution in [0.1, 0.15) is 25.8 Å². The lowest BCUT2D eigenvalue weighted by Gasteiger charge is -2.18. The molecule has 0 aliphatic carbocycles. The standard InChI is InChI=1S/C20H22N2O3/c1-20(2)13-25-17-10-9-15(12-16(17)22-19(20)24)21-18(23)11-8-14-6-4-3-5-7-14/h3-7,9-10,12H,8,11,13H2,1-2H3,(H,21,23)(H,22,24). The van der Waals surface area contributed by atoms with E-state index >= 15 is 0 Å². The average molecular weight is 338 g/mol. The molecule has 0 bridgehead atoms. The number of carbonyl (C=O) groups is 2. The van der Waals surface area contributed by atoms with Crippen LogP contribution in [-0.2, 0) is 16.0 Å². The Morgan fingerprint density at radius 3 is 2.72 bits per heavy atom. The molecule has 25 heavy (non-hydrogen) atoms. The van der Waals surface area contributed by atoms with Crippen LogP contribution in [0.5, 0.6) is 5.75 Å². The molecule has 0 fully saturated rings. The van der Waals surface area contributed by atoms with Gasteiger partial charge in [0.2, 0.25) is 11.8 Å². The van der Waals surface area contributed by atoms with Crippen LogP contribution in [0.4, 0.5) is 11.4 Å². The molecule has 0 saturated carbocycles. The van der Waals surface area contributed by atoms with Crippen molar-refractivity contribution in [3.8, 4) is 5.75 Å². The first-order valence-electron chi connectivity index (χ1n) is 8.36. The van der Waals surface area contributed by atoms with Crippen LogP contribution >= 0.6 is 0 Å². The minimum atomic E-state index is -0.599. The Hall–Kier alpha value is -2.82. The van der Waals surface area contributed by atoms with Crippen LogP contribution in [0.25, 0.3) is 0 Å². The molecule has 130 valence electrons. The maximum absolute atomic E-state index is 12.2. The summed E-state index contributed by atoms with van der Waals surface area (Å²) in [6.07, 6.45) is 1.09. The van der Waals surface area contributed by atoms with Gasteiger partial charge in [-0.3, -0.25) is 9.59 Å². The van der Waals surface area contributed by atoms with Crippen molar-refractivity contribution in [1.82, 2.24) is 0 Å². The molecule has 3 rings (SSSR count). The predicted octanol–water partition coefficient (Wildman–Crippen LogP) is 3.62. The van der Waals surface area contributed by atoms with E-state index in [4.69, 9.17) is 4.74 Å². The molecule has 5 nitrogen and oxygen atoms in total. The first kappa shape index (κ1) is 17.0. The highest BCUT2D eigenvalue weighted by atomic mass is 16.5. The van der Waals surface area contributed by atoms with Crippen molar-refractivity contribution in [3.63, 3.8) is 0 Å². The van der Waals surface area contributed by atoms with E-state index in [9.17, 15) is 9.59 Å². The van der Waals surface area contributed by atoms with E-state index in [1.54, 1.807) is 18.2 Å². The van der Waals surface area contributed by atoms with E-state index in [2.05, 4.69) is 10.6 Å². The summed E-state index contributed by atoms with van der Waals surface area (Å²) in [4.78, 5) is 24.4. The topological polar surface area (TPSA) is 67.4 Å². The summed E-state index contributed by atoms with van der Waals surface area (Å²) in [5, 5.41) is 5.74. The molecule has 1 aliphatic rings. The minimum Gasteiger partial charge on any atom is -0.490 e. The third kappa shape index (κ3) is 4.18. The SMILES string of the molecule is CC1(C)COc2ccc(NC(=O)CCc3ccccc3)cc2NC1=O. The number of nitrogens with one attached hydrogen (secondary N) is 2. The number of hydrogen-bond donors (Lipinski definition) is 2. The number of ether oxygens (including phenoxy) is 1. The Labute approximate surface area is 147 Å². The first-order chi connectivity index (χ1) is 11.9. The second-order valence-electron chi connectivity index (χ2n) is 6.87. The Morgan fingerprint density at radius 1 is 1.20 bits per heavy atom. The molecule has 0 aromatic heterocycles. The number of carbonyl (C=O) groups excluding carboxylic acids is 2. The molecule has 2 aromatic carbocycles. The minimum absolute atomic E-state index is 0.0648. The van der Waals surface area contributed by atoms with Crippen LogP contribution in [-0.4, -0.2) is 18.4 Å². The smallest absolute Gasteiger partial charge is 0.233 e. The molecule has 0 unspecified atom stereocenters. The van der Waals surface area contributed by atoms with Crippen molar-refractivity contribution in [2.24, 2.45) is 5.41 Å². The van der Waals surface area contributed by atoms with Crippen molar-refractivity contribution in [1.29, 1.82) is 0 Å². The van der Waals surface area contributed by atoms with Crippen molar-refractivity contribution < 1.29 is 14.3 Å². The van der Waals surface area contributed by atoms with Gasteiger partial charge in [0.1, 0.15) is 12.4 Å². The fourth-order valence-corrected chi connectivity index (χ4v) is 2.57. The van der Waals surface area contributed by atoms with Gasteiger partial charge in [-0.15, -0.1) is 0 Å². The lowest BCUT2D eigenvalue weighted by atomic mass is 9.94. The maximum atomic E-state index is 12.2. The molecule has 2 amide bonds. The first-order valence-corrected chi connectivity index (χ1v) is 8.36. The number of aryl methyl sites for hydroxylation is 1. The Balaban J connectivity index is 1.64. The van der Waals surface area contributed by atoms with Crippen molar-refractivity contribution in [2.75, 3.05) is 17.2 Å². The lowest BCUT2D eigenvalue weighted by Crippen LogP contribution is -2.33. The quantitative estimate of drug-likeness (QED) is 0.895. The monoisotopic (exact) mass is 338 g/mol.